The van der Waals surface area contributed by atoms with Gasteiger partial charge in [-0.2, -0.15) is 5.26 Å². The van der Waals surface area contributed by atoms with Gasteiger partial charge in [-0.25, -0.2) is 0 Å². The van der Waals surface area contributed by atoms with Gasteiger partial charge in [0, 0.05) is 42.5 Å². The zero-order valence-electron chi connectivity index (χ0n) is 15.1. The first kappa shape index (κ1) is 19.0. The number of hydrogen-bond acceptors (Lipinski definition) is 5. The van der Waals surface area contributed by atoms with Crippen molar-refractivity contribution in [3.63, 3.8) is 0 Å². The minimum Gasteiger partial charge on any atom is -0.496 e. The summed E-state index contributed by atoms with van der Waals surface area (Å²) in [5.41, 5.74) is 2.57. The minimum absolute atomic E-state index is 0.0486. The largest absolute Gasteiger partial charge is 0.496 e. The molecular weight excluding hydrogens is 330 g/mol. The summed E-state index contributed by atoms with van der Waals surface area (Å²) in [7, 11) is 1.58. The van der Waals surface area contributed by atoms with Gasteiger partial charge in [0.1, 0.15) is 5.75 Å². The third-order valence-corrected chi connectivity index (χ3v) is 4.13. The van der Waals surface area contributed by atoms with E-state index in [9.17, 15) is 15.4 Å². The first-order valence-electron chi connectivity index (χ1n) is 8.33. The average Bonchev–Trinajstić information content (AvgIpc) is 2.67. The predicted molar refractivity (Wildman–Crippen MR) is 103 cm³/mol. The third-order valence-electron chi connectivity index (χ3n) is 4.13. The minimum atomic E-state index is -0.474. The van der Waals surface area contributed by atoms with Gasteiger partial charge < -0.3 is 9.64 Å². The highest BCUT2D eigenvalue weighted by Crippen LogP contribution is 2.30. The van der Waals surface area contributed by atoms with Crippen LogP contribution in [0.15, 0.2) is 42.5 Å². The van der Waals surface area contributed by atoms with E-state index in [2.05, 4.69) is 24.8 Å². The number of benzene rings is 2. The predicted octanol–water partition coefficient (Wildman–Crippen LogP) is 4.51. The first-order chi connectivity index (χ1) is 12.5. The van der Waals surface area contributed by atoms with E-state index in [-0.39, 0.29) is 5.69 Å². The monoisotopic (exact) mass is 351 g/mol. The van der Waals surface area contributed by atoms with Crippen LogP contribution in [0, 0.1) is 21.4 Å². The summed E-state index contributed by atoms with van der Waals surface area (Å²) in [5, 5.41) is 20.5. The number of ether oxygens (including phenoxy) is 1. The Morgan fingerprint density at radius 3 is 2.58 bits per heavy atom. The van der Waals surface area contributed by atoms with Gasteiger partial charge in [-0.15, -0.1) is 0 Å². The number of rotatable bonds is 7. The van der Waals surface area contributed by atoms with Crippen molar-refractivity contribution in [3.8, 4) is 11.8 Å². The van der Waals surface area contributed by atoms with E-state index < -0.39 is 4.92 Å². The molecule has 0 aliphatic rings. The standard InChI is InChI=1S/C20H21N3O3/c1-4-22(5-2)18-10-9-16(20(13-18)26-3)11-17(14-21)15-7-6-8-19(12-15)23(24)25/h6-13H,4-5H2,1-3H3. The molecular formula is C20H21N3O3. The van der Waals surface area contributed by atoms with E-state index in [0.29, 0.717) is 16.9 Å². The van der Waals surface area contributed by atoms with E-state index in [1.165, 1.54) is 12.1 Å². The molecule has 0 unspecified atom stereocenters. The number of anilines is 1. The fourth-order valence-electron chi connectivity index (χ4n) is 2.73. The summed E-state index contributed by atoms with van der Waals surface area (Å²) in [4.78, 5) is 12.7. The Bertz CT molecular complexity index is 865. The van der Waals surface area contributed by atoms with Crippen molar-refractivity contribution in [2.45, 2.75) is 13.8 Å². The Morgan fingerprint density at radius 1 is 1.27 bits per heavy atom. The van der Waals surface area contributed by atoms with Gasteiger partial charge in [0.15, 0.2) is 0 Å². The maximum Gasteiger partial charge on any atom is 0.270 e. The molecule has 0 N–H and O–H groups in total. The number of nitriles is 1. The third kappa shape index (κ3) is 4.19. The Balaban J connectivity index is 2.47. The van der Waals surface area contributed by atoms with Gasteiger partial charge in [-0.1, -0.05) is 12.1 Å². The lowest BCUT2D eigenvalue weighted by molar-refractivity contribution is -0.384. The Morgan fingerprint density at radius 2 is 2.00 bits per heavy atom. The molecule has 0 heterocycles. The van der Waals surface area contributed by atoms with Crippen LogP contribution in [0.2, 0.25) is 0 Å². The molecule has 0 spiro atoms. The maximum atomic E-state index is 11.0. The molecule has 2 rings (SSSR count). The van der Waals surface area contributed by atoms with Crippen molar-refractivity contribution in [3.05, 3.63) is 63.7 Å². The van der Waals surface area contributed by atoms with Gasteiger partial charge >= 0.3 is 0 Å². The molecule has 6 nitrogen and oxygen atoms in total. The van der Waals surface area contributed by atoms with Gasteiger partial charge in [0.2, 0.25) is 0 Å². The number of hydrogen-bond donors (Lipinski definition) is 0. The highest BCUT2D eigenvalue weighted by molar-refractivity contribution is 5.91. The van der Waals surface area contributed by atoms with Crippen LogP contribution in [0.4, 0.5) is 11.4 Å². The topological polar surface area (TPSA) is 79.4 Å². The number of methoxy groups -OCH3 is 1. The summed E-state index contributed by atoms with van der Waals surface area (Å²) < 4.78 is 5.48. The second-order valence-electron chi connectivity index (χ2n) is 5.58. The van der Waals surface area contributed by atoms with Crippen LogP contribution in [-0.4, -0.2) is 25.1 Å². The fraction of sp³-hybridized carbons (Fsp3) is 0.250. The normalized spacial score (nSPS) is 10.9. The molecule has 2 aromatic carbocycles. The van der Waals surface area contributed by atoms with Crippen molar-refractivity contribution in [2.75, 3.05) is 25.1 Å². The van der Waals surface area contributed by atoms with Crippen molar-refractivity contribution < 1.29 is 9.66 Å². The van der Waals surface area contributed by atoms with Crippen molar-refractivity contribution >= 4 is 23.0 Å². The van der Waals surface area contributed by atoms with Crippen molar-refractivity contribution in [2.24, 2.45) is 0 Å². The molecule has 134 valence electrons. The first-order valence-corrected chi connectivity index (χ1v) is 8.33. The molecule has 6 heteroatoms. The van der Waals surface area contributed by atoms with Crippen LogP contribution in [0.5, 0.6) is 5.75 Å². The maximum absolute atomic E-state index is 11.0. The summed E-state index contributed by atoms with van der Waals surface area (Å²) in [5.74, 6) is 0.646. The van der Waals surface area contributed by atoms with E-state index in [1.807, 2.05) is 18.2 Å². The van der Waals surface area contributed by atoms with E-state index in [0.717, 1.165) is 24.3 Å². The number of allylic oxidation sites excluding steroid dienone is 1. The van der Waals surface area contributed by atoms with Crippen LogP contribution in [-0.2, 0) is 0 Å². The molecule has 0 aliphatic heterocycles. The van der Waals surface area contributed by atoms with Crippen molar-refractivity contribution in [1.29, 1.82) is 5.26 Å². The van der Waals surface area contributed by atoms with E-state index in [1.54, 1.807) is 25.3 Å². The zero-order valence-corrected chi connectivity index (χ0v) is 15.1. The Labute approximate surface area is 153 Å². The van der Waals surface area contributed by atoms with Crippen molar-refractivity contribution in [1.82, 2.24) is 0 Å². The number of nitro groups is 1. The highest BCUT2D eigenvalue weighted by atomic mass is 16.6. The van der Waals surface area contributed by atoms with Gasteiger partial charge in [0.05, 0.1) is 23.7 Å². The lowest BCUT2D eigenvalue weighted by atomic mass is 10.0. The molecule has 0 amide bonds. The van der Waals surface area contributed by atoms with Crippen LogP contribution >= 0.6 is 0 Å². The number of non-ortho nitro benzene ring substituents is 1. The number of nitro benzene ring substituents is 1. The molecule has 2 aromatic rings. The smallest absolute Gasteiger partial charge is 0.270 e. The molecule has 0 radical (unpaired) electrons. The van der Waals surface area contributed by atoms with Crippen LogP contribution in [0.3, 0.4) is 0 Å². The van der Waals surface area contributed by atoms with Gasteiger partial charge in [0.25, 0.3) is 5.69 Å². The fourth-order valence-corrected chi connectivity index (χ4v) is 2.73. The lowest BCUT2D eigenvalue weighted by Crippen LogP contribution is -2.21. The van der Waals surface area contributed by atoms with Gasteiger partial charge in [-0.05, 0) is 37.6 Å². The highest BCUT2D eigenvalue weighted by Gasteiger charge is 2.11. The molecule has 0 aliphatic carbocycles. The van der Waals surface area contributed by atoms with E-state index in [4.69, 9.17) is 4.74 Å². The lowest BCUT2D eigenvalue weighted by Gasteiger charge is -2.22. The van der Waals surface area contributed by atoms with Crippen LogP contribution in [0.25, 0.3) is 11.6 Å². The summed E-state index contributed by atoms with van der Waals surface area (Å²) in [6.07, 6.45) is 1.68. The van der Waals surface area contributed by atoms with E-state index >= 15 is 0 Å². The van der Waals surface area contributed by atoms with Crippen LogP contribution in [0.1, 0.15) is 25.0 Å². The molecule has 0 fully saturated rings. The Kier molecular flexibility index (Phi) is 6.34. The second-order valence-corrected chi connectivity index (χ2v) is 5.58. The summed E-state index contributed by atoms with van der Waals surface area (Å²) in [6.45, 7) is 5.93. The quantitative estimate of drug-likeness (QED) is 0.317. The zero-order chi connectivity index (χ0) is 19.1. The summed E-state index contributed by atoms with van der Waals surface area (Å²) >= 11 is 0. The van der Waals surface area contributed by atoms with Gasteiger partial charge in [-0.3, -0.25) is 10.1 Å². The average molecular weight is 351 g/mol. The molecule has 0 saturated carbocycles. The molecule has 0 atom stereocenters. The second kappa shape index (κ2) is 8.67. The molecule has 0 aromatic heterocycles. The molecule has 0 bridgehead atoms. The molecule has 26 heavy (non-hydrogen) atoms. The Hall–Kier alpha value is -3.33. The molecule has 0 saturated heterocycles. The number of nitrogens with zero attached hydrogens (tertiary/aromatic N) is 3. The summed E-state index contributed by atoms with van der Waals surface area (Å²) in [6, 6.07) is 14.0. The van der Waals surface area contributed by atoms with Crippen LogP contribution < -0.4 is 9.64 Å². The SMILES string of the molecule is CCN(CC)c1ccc(C=C(C#N)c2cccc([N+](=O)[O-])c2)c(OC)c1.